The first-order valence-electron chi connectivity index (χ1n) is 36.5. The lowest BCUT2D eigenvalue weighted by atomic mass is 9.80. The van der Waals surface area contributed by atoms with E-state index in [0.717, 1.165) is 34.9 Å². The largest absolute Gasteiger partial charge is 0.457 e. The summed E-state index contributed by atoms with van der Waals surface area (Å²) < 4.78 is 204. The molecule has 0 aromatic heterocycles. The fraction of sp³-hybridized carbons (Fsp3) is 0.178. The first kappa shape index (κ1) is 78.0. The van der Waals surface area contributed by atoms with E-state index in [-0.39, 0.29) is 98.9 Å². The number of hydrogen-bond donors (Lipinski definition) is 2. The molecule has 2 aliphatic rings. The molecule has 0 aliphatic carbocycles. The standard InChI is InChI=1S/C90H64F12N4O10/c1-47(2)37-65(79(107)103-85(87(91,92)93)88(94,95)96)105-81(109)61-43-67(113-57-33-17-29-53(39-57)49-21-9-5-10-22-49)73-75-69(115-59-35-19-31-55(41-59)51-25-13-7-14-26-51)45-63-72-64(84(112)106(83(63)111)66(38-48(3)4)80(108)104-86(89(97,98)99)90(100,101)102)46-70(116-60-36-20-32-56(42-60)52-27-15-8-16-28-52)76(78(72)75)74-68(44-62(82(105)110)71(61)77(73)74)114-58-34-18-30-54(40-58)50-23-11-6-12-24-50/h5-36,39-48,65-66,85-86H,37-38H2,1-4H3,(H,103,107)(H,104,108). The van der Waals surface area contributed by atoms with Crippen LogP contribution in [0.15, 0.2) is 243 Å². The summed E-state index contributed by atoms with van der Waals surface area (Å²) in [5, 5.41) is 0.467. The van der Waals surface area contributed by atoms with Crippen LogP contribution >= 0.6 is 0 Å². The van der Waals surface area contributed by atoms with E-state index in [9.17, 15) is 62.3 Å². The van der Waals surface area contributed by atoms with Crippen LogP contribution in [-0.4, -0.2) is 94.1 Å². The van der Waals surface area contributed by atoms with Crippen molar-refractivity contribution < 1.29 is 100 Å². The molecule has 588 valence electrons. The van der Waals surface area contributed by atoms with E-state index >= 15 is 19.2 Å². The predicted molar refractivity (Wildman–Crippen MR) is 411 cm³/mol. The number of rotatable bonds is 22. The Morgan fingerprint density at radius 3 is 0.716 bits per heavy atom. The Kier molecular flexibility index (Phi) is 20.4. The van der Waals surface area contributed by atoms with Crippen molar-refractivity contribution >= 4 is 78.5 Å². The number of alkyl halides is 12. The summed E-state index contributed by atoms with van der Waals surface area (Å²) in [7, 11) is 0. The second kappa shape index (κ2) is 30.3. The Morgan fingerprint density at radius 1 is 0.293 bits per heavy atom. The van der Waals surface area contributed by atoms with Gasteiger partial charge in [-0.15, -0.1) is 0 Å². The molecule has 0 saturated heterocycles. The maximum atomic E-state index is 16.4. The molecular weight excluding hydrogens is 1520 g/mol. The normalized spacial score (nSPS) is 13.9. The van der Waals surface area contributed by atoms with Gasteiger partial charge in [0.15, 0.2) is 0 Å². The lowest BCUT2D eigenvalue weighted by molar-refractivity contribution is -0.259. The first-order chi connectivity index (χ1) is 55.2. The second-order valence-electron chi connectivity index (χ2n) is 29.0. The number of imide groups is 2. The van der Waals surface area contributed by atoms with Crippen molar-refractivity contribution in [2.75, 3.05) is 0 Å². The monoisotopic (exact) mass is 1590 g/mol. The highest BCUT2D eigenvalue weighted by Crippen LogP contribution is 2.59. The van der Waals surface area contributed by atoms with Crippen molar-refractivity contribution in [2.24, 2.45) is 11.8 Å². The van der Waals surface area contributed by atoms with Gasteiger partial charge < -0.3 is 29.6 Å². The van der Waals surface area contributed by atoms with Crippen LogP contribution in [0.25, 0.3) is 87.6 Å². The van der Waals surface area contributed by atoms with Crippen molar-refractivity contribution in [1.82, 2.24) is 20.4 Å². The quantitative estimate of drug-likeness (QED) is 0.0288. The zero-order valence-corrected chi connectivity index (χ0v) is 61.5. The molecule has 0 saturated carbocycles. The lowest BCUT2D eigenvalue weighted by Crippen LogP contribution is -2.61. The van der Waals surface area contributed by atoms with Gasteiger partial charge in [0.25, 0.3) is 23.6 Å². The lowest BCUT2D eigenvalue weighted by Gasteiger charge is -2.37. The van der Waals surface area contributed by atoms with E-state index < -0.39 is 131 Å². The van der Waals surface area contributed by atoms with Crippen molar-refractivity contribution in [1.29, 1.82) is 0 Å². The summed E-state index contributed by atoms with van der Waals surface area (Å²) in [6.07, 6.45) is -26.1. The van der Waals surface area contributed by atoms with Crippen LogP contribution in [-0.2, 0) is 9.59 Å². The van der Waals surface area contributed by atoms with Gasteiger partial charge in [-0.1, -0.05) is 198 Å². The average Bonchev–Trinajstić information content (AvgIpc) is 0.669. The number of nitrogens with zero attached hydrogens (tertiary/aromatic N) is 2. The Bertz CT molecular complexity index is 5370. The number of carbonyl (C=O) groups is 6. The van der Waals surface area contributed by atoms with Crippen LogP contribution in [0, 0.1) is 11.8 Å². The summed E-state index contributed by atoms with van der Waals surface area (Å²) in [4.78, 5) is 95.5. The number of benzene rings is 13. The maximum Gasteiger partial charge on any atom is 0.417 e. The highest BCUT2D eigenvalue weighted by atomic mass is 19.4. The van der Waals surface area contributed by atoms with Gasteiger partial charge >= 0.3 is 24.7 Å². The molecule has 6 amide bonds. The molecule has 0 fully saturated rings. The van der Waals surface area contributed by atoms with Crippen LogP contribution < -0.4 is 29.6 Å². The van der Waals surface area contributed by atoms with Gasteiger partial charge in [0, 0.05) is 43.1 Å². The SMILES string of the molecule is CC(C)CC(C(=O)NC(C(F)(F)F)C(F)(F)F)N1C(=O)c2cc(Oc3cccc(-c4ccccc4)c3)c3c4c(Oc5cccc(-c6ccccc6)c5)cc5c6c(cc(Oc7cccc(-c8ccccc8)c7)c(c7c(Oc8cccc(-c9ccccc9)c8)cc(c2c37)C1=O)c64)C(=O)N(C(CC(C)C)C(=O)NC(C(F)(F)F)C(F)(F)F)C5=O. The molecule has 2 heterocycles. The van der Waals surface area contributed by atoms with Gasteiger partial charge in [-0.3, -0.25) is 38.6 Å². The molecule has 13 aromatic carbocycles. The van der Waals surface area contributed by atoms with E-state index in [1.807, 2.05) is 0 Å². The highest BCUT2D eigenvalue weighted by molar-refractivity contribution is 6.45. The number of amides is 6. The molecule has 13 aromatic rings. The molecule has 0 radical (unpaired) electrons. The van der Waals surface area contributed by atoms with E-state index in [1.54, 1.807) is 194 Å². The Labute approximate surface area is 653 Å². The molecule has 15 rings (SSSR count). The topological polar surface area (TPSA) is 170 Å². The summed E-state index contributed by atoms with van der Waals surface area (Å²) >= 11 is 0. The molecule has 0 bridgehead atoms. The van der Waals surface area contributed by atoms with Gasteiger partial charge in [0.1, 0.15) is 58.1 Å². The second-order valence-corrected chi connectivity index (χ2v) is 29.0. The highest BCUT2D eigenvalue weighted by Gasteiger charge is 2.60. The van der Waals surface area contributed by atoms with E-state index in [2.05, 4.69) is 0 Å². The van der Waals surface area contributed by atoms with Crippen LogP contribution in [0.2, 0.25) is 0 Å². The molecule has 116 heavy (non-hydrogen) atoms. The van der Waals surface area contributed by atoms with E-state index in [4.69, 9.17) is 18.9 Å². The fourth-order valence-electron chi connectivity index (χ4n) is 15.1. The minimum Gasteiger partial charge on any atom is -0.457 e. The summed E-state index contributed by atoms with van der Waals surface area (Å²) in [5.74, 6) is -13.0. The van der Waals surface area contributed by atoms with Crippen LogP contribution in [0.5, 0.6) is 46.0 Å². The zero-order valence-electron chi connectivity index (χ0n) is 61.5. The molecule has 2 N–H and O–H groups in total. The molecule has 14 nitrogen and oxygen atoms in total. The fourth-order valence-corrected chi connectivity index (χ4v) is 15.1. The summed E-state index contributed by atoms with van der Waals surface area (Å²) in [5.41, 5.74) is 2.65. The van der Waals surface area contributed by atoms with Crippen LogP contribution in [0.3, 0.4) is 0 Å². The van der Waals surface area contributed by atoms with Crippen LogP contribution in [0.4, 0.5) is 52.7 Å². The Balaban J connectivity index is 1.12. The van der Waals surface area contributed by atoms with E-state index in [0.29, 0.717) is 44.5 Å². The molecule has 0 spiro atoms. The van der Waals surface area contributed by atoms with Gasteiger partial charge in [-0.05, 0) is 142 Å². The van der Waals surface area contributed by atoms with Crippen molar-refractivity contribution in [2.45, 2.75) is 89.4 Å². The third-order valence-corrected chi connectivity index (χ3v) is 20.1. The van der Waals surface area contributed by atoms with E-state index in [1.165, 1.54) is 52.0 Å². The van der Waals surface area contributed by atoms with Crippen molar-refractivity contribution in [3.8, 4) is 90.5 Å². The average molecular weight is 1590 g/mol. The third kappa shape index (κ3) is 15.0. The number of ether oxygens (including phenoxy) is 4. The van der Waals surface area contributed by atoms with Gasteiger partial charge in [-0.25, -0.2) is 0 Å². The van der Waals surface area contributed by atoms with Gasteiger partial charge in [0.2, 0.25) is 23.9 Å². The molecule has 2 aliphatic heterocycles. The third-order valence-electron chi connectivity index (χ3n) is 20.1. The summed E-state index contributed by atoms with van der Waals surface area (Å²) in [6, 6.07) is 52.3. The molecule has 26 heteroatoms. The number of carbonyl (C=O) groups excluding carboxylic acids is 6. The maximum absolute atomic E-state index is 16.4. The van der Waals surface area contributed by atoms with Crippen molar-refractivity contribution in [3.63, 3.8) is 0 Å². The molecule has 2 atom stereocenters. The van der Waals surface area contributed by atoms with Crippen LogP contribution in [0.1, 0.15) is 82.0 Å². The van der Waals surface area contributed by atoms with Crippen molar-refractivity contribution in [3.05, 3.63) is 265 Å². The Hall–Kier alpha value is -13.3. The first-order valence-corrected chi connectivity index (χ1v) is 36.5. The zero-order chi connectivity index (χ0) is 82.2. The molecule has 2 unspecified atom stereocenters. The minimum atomic E-state index is -6.16. The number of nitrogens with one attached hydrogen (secondary N) is 2. The predicted octanol–water partition coefficient (Wildman–Crippen LogP) is 22.8. The number of fused-ring (bicyclic) bond motifs is 2. The minimum absolute atomic E-state index is 0.00212. The Morgan fingerprint density at radius 2 is 0.509 bits per heavy atom. The number of hydrogen-bond acceptors (Lipinski definition) is 10. The number of halogens is 12. The summed E-state index contributed by atoms with van der Waals surface area (Å²) in [6.45, 7) is 5.79. The smallest absolute Gasteiger partial charge is 0.417 e. The van der Waals surface area contributed by atoms with Gasteiger partial charge in [0.05, 0.1) is 22.3 Å². The van der Waals surface area contributed by atoms with Gasteiger partial charge in [-0.2, -0.15) is 52.7 Å². The molecular formula is C90H64F12N4O10.